The Morgan fingerprint density at radius 1 is 1.19 bits per heavy atom. The molecule has 2 aromatic heterocycles. The van der Waals surface area contributed by atoms with E-state index in [0.29, 0.717) is 16.6 Å². The van der Waals surface area contributed by atoms with Crippen molar-refractivity contribution in [1.82, 2.24) is 20.5 Å². The summed E-state index contributed by atoms with van der Waals surface area (Å²) in [4.78, 5) is 48.7. The van der Waals surface area contributed by atoms with Crippen molar-refractivity contribution in [2.45, 2.75) is 49.7 Å². The van der Waals surface area contributed by atoms with Crippen LogP contribution >= 0.6 is 11.6 Å². The summed E-state index contributed by atoms with van der Waals surface area (Å²) in [5, 5.41) is 19.7. The molecule has 2 aliphatic rings. The molecule has 43 heavy (non-hydrogen) atoms. The molecule has 13 heteroatoms. The summed E-state index contributed by atoms with van der Waals surface area (Å²) in [6.07, 6.45) is 1.97. The third kappa shape index (κ3) is 5.28. The number of carbonyl (C=O) groups excluding carboxylic acids is 3. The van der Waals surface area contributed by atoms with Crippen molar-refractivity contribution in [3.05, 3.63) is 83.1 Å². The van der Waals surface area contributed by atoms with E-state index in [2.05, 4.69) is 20.5 Å². The van der Waals surface area contributed by atoms with Crippen molar-refractivity contribution in [2.24, 2.45) is 0 Å². The molecule has 2 atom stereocenters. The maximum atomic E-state index is 14.8. The van der Waals surface area contributed by atoms with Crippen LogP contribution < -0.4 is 15.1 Å². The Labute approximate surface area is 249 Å². The maximum Gasteiger partial charge on any atom is 0.252 e. The summed E-state index contributed by atoms with van der Waals surface area (Å²) >= 11 is 6.61. The molecule has 2 fully saturated rings. The van der Waals surface area contributed by atoms with Crippen LogP contribution in [0.5, 0.6) is 0 Å². The highest BCUT2D eigenvalue weighted by Crippen LogP contribution is 2.41. The lowest BCUT2D eigenvalue weighted by atomic mass is 9.87. The Hall–Kier alpha value is -4.89. The number of halogens is 3. The fraction of sp³-hybridized carbons (Fsp3) is 0.267. The van der Waals surface area contributed by atoms with E-state index < -0.39 is 48.7 Å². The maximum absolute atomic E-state index is 14.8. The highest BCUT2D eigenvalue weighted by atomic mass is 35.5. The minimum atomic E-state index is -2.88. The number of pyridine rings is 1. The average Bonchev–Trinajstić information content (AvgIpc) is 3.62. The molecule has 1 saturated carbocycles. The van der Waals surface area contributed by atoms with Crippen molar-refractivity contribution >= 4 is 51.7 Å². The quantitative estimate of drug-likeness (QED) is 0.315. The number of hydrogen-bond donors (Lipinski definition) is 2. The number of benzene rings is 2. The van der Waals surface area contributed by atoms with Gasteiger partial charge in [0.25, 0.3) is 11.8 Å². The molecule has 1 aliphatic carbocycles. The van der Waals surface area contributed by atoms with Gasteiger partial charge in [0.2, 0.25) is 11.8 Å². The highest BCUT2D eigenvalue weighted by molar-refractivity contribution is 6.32. The van der Waals surface area contributed by atoms with E-state index in [1.807, 2.05) is 6.07 Å². The van der Waals surface area contributed by atoms with Gasteiger partial charge in [0.05, 0.1) is 29.0 Å². The first-order valence-corrected chi connectivity index (χ1v) is 13.9. The Kier molecular flexibility index (Phi) is 7.27. The molecule has 0 spiro atoms. The molecule has 1 saturated heterocycles. The first kappa shape index (κ1) is 28.2. The molecule has 6 rings (SSSR count). The molecule has 0 radical (unpaired) electrons. The number of alkyl halides is 2. The number of hydrogen-bond acceptors (Lipinski definition) is 6. The van der Waals surface area contributed by atoms with Crippen LogP contribution in [0.1, 0.15) is 42.9 Å². The Morgan fingerprint density at radius 3 is 2.72 bits per heavy atom. The van der Waals surface area contributed by atoms with Crippen molar-refractivity contribution in [3.63, 3.8) is 0 Å². The smallest absolute Gasteiger partial charge is 0.252 e. The fourth-order valence-electron chi connectivity index (χ4n) is 5.67. The molecule has 0 bridgehead atoms. The summed E-state index contributed by atoms with van der Waals surface area (Å²) in [7, 11) is 0. The molecule has 4 aromatic rings. The van der Waals surface area contributed by atoms with E-state index in [1.165, 1.54) is 34.3 Å². The Bertz CT molecular complexity index is 1780. The predicted molar refractivity (Wildman–Crippen MR) is 153 cm³/mol. The van der Waals surface area contributed by atoms with E-state index in [9.17, 15) is 28.4 Å². The fourth-order valence-corrected chi connectivity index (χ4v) is 5.91. The molecule has 2 N–H and O–H groups in total. The molecular weight excluding hydrogens is 580 g/mol. The van der Waals surface area contributed by atoms with Gasteiger partial charge in [0.15, 0.2) is 0 Å². The van der Waals surface area contributed by atoms with Crippen LogP contribution in [0.25, 0.3) is 10.9 Å². The monoisotopic (exact) mass is 603 g/mol. The molecule has 1 unspecified atom stereocenters. The largest absolute Gasteiger partial charge is 0.351 e. The normalized spacial score (nSPS) is 18.6. The number of fused-ring (bicyclic) bond motifs is 1. The van der Waals surface area contributed by atoms with Gasteiger partial charge >= 0.3 is 0 Å². The van der Waals surface area contributed by atoms with Gasteiger partial charge in [-0.3, -0.25) is 29.3 Å². The van der Waals surface area contributed by atoms with Gasteiger partial charge < -0.3 is 5.32 Å². The van der Waals surface area contributed by atoms with Crippen molar-refractivity contribution in [2.75, 3.05) is 9.80 Å². The second-order valence-corrected chi connectivity index (χ2v) is 11.0. The van der Waals surface area contributed by atoms with E-state index >= 15 is 0 Å². The number of nitrogens with one attached hydrogen (secondary N) is 2. The number of anilines is 2. The number of nitrogens with zero attached hydrogens (tertiary/aromatic N) is 5. The summed E-state index contributed by atoms with van der Waals surface area (Å²) in [5.74, 6) is -4.47. The molecule has 2 aromatic carbocycles. The second kappa shape index (κ2) is 11.1. The van der Waals surface area contributed by atoms with Gasteiger partial charge in [-0.25, -0.2) is 13.8 Å². The van der Waals surface area contributed by atoms with Gasteiger partial charge in [0, 0.05) is 47.5 Å². The van der Waals surface area contributed by atoms with E-state index in [1.54, 1.807) is 42.5 Å². The van der Waals surface area contributed by atoms with Gasteiger partial charge in [-0.1, -0.05) is 35.9 Å². The standard InChI is InChI=1S/C30H24ClF2N7O3/c31-21-5-2-1-4-19(21)27(28(42)37-18-13-30(32,33)14-18)40(23-7-3-6-22-20(23)16-36-38-22)29(43)24-8-9-26(41)39(24)25-12-17(15-34)10-11-35-25/h1-7,10-12,16,18,24,27H,8-9,13-14H2,(H,36,38)(H,37,42)/t24-,27?/m0/s1. The van der Waals surface area contributed by atoms with Crippen LogP contribution in [0.2, 0.25) is 5.02 Å². The summed E-state index contributed by atoms with van der Waals surface area (Å²) < 4.78 is 27.4. The van der Waals surface area contributed by atoms with Crippen molar-refractivity contribution in [1.29, 1.82) is 5.26 Å². The number of H-pyrrole nitrogens is 1. The number of aromatic nitrogens is 3. The number of carbonyl (C=O) groups is 3. The minimum absolute atomic E-state index is 0.0265. The topological polar surface area (TPSA) is 135 Å². The van der Waals surface area contributed by atoms with E-state index in [0.717, 1.165) is 0 Å². The van der Waals surface area contributed by atoms with E-state index in [-0.39, 0.29) is 40.7 Å². The number of nitriles is 1. The average molecular weight is 604 g/mol. The Morgan fingerprint density at radius 2 is 1.98 bits per heavy atom. The van der Waals surface area contributed by atoms with Crippen LogP contribution in [0.4, 0.5) is 20.3 Å². The third-order valence-corrected chi connectivity index (χ3v) is 8.06. The van der Waals surface area contributed by atoms with Crippen LogP contribution in [0.15, 0.2) is 67.0 Å². The molecular formula is C30H24ClF2N7O3. The van der Waals surface area contributed by atoms with Crippen molar-refractivity contribution in [3.8, 4) is 6.07 Å². The van der Waals surface area contributed by atoms with Crippen molar-refractivity contribution < 1.29 is 23.2 Å². The molecule has 3 heterocycles. The second-order valence-electron chi connectivity index (χ2n) is 10.5. The van der Waals surface area contributed by atoms with Gasteiger partial charge in [-0.05, 0) is 36.8 Å². The minimum Gasteiger partial charge on any atom is -0.351 e. The van der Waals surface area contributed by atoms with Crippen LogP contribution in [0.3, 0.4) is 0 Å². The molecule has 218 valence electrons. The summed E-state index contributed by atoms with van der Waals surface area (Å²) in [5.41, 5.74) is 1.40. The lowest BCUT2D eigenvalue weighted by Crippen LogP contribution is -2.56. The zero-order valence-corrected chi connectivity index (χ0v) is 23.3. The molecule has 3 amide bonds. The third-order valence-electron chi connectivity index (χ3n) is 7.72. The number of rotatable bonds is 7. The first-order valence-electron chi connectivity index (χ1n) is 13.5. The summed E-state index contributed by atoms with van der Waals surface area (Å²) in [6, 6.07) is 13.2. The highest BCUT2D eigenvalue weighted by Gasteiger charge is 2.49. The number of aromatic amines is 1. The molecule has 1 aliphatic heterocycles. The summed E-state index contributed by atoms with van der Waals surface area (Å²) in [6.45, 7) is 0. The lowest BCUT2D eigenvalue weighted by molar-refractivity contribution is -0.133. The first-order chi connectivity index (χ1) is 20.7. The van der Waals surface area contributed by atoms with Crippen LogP contribution in [-0.4, -0.2) is 50.9 Å². The zero-order valence-electron chi connectivity index (χ0n) is 22.5. The Balaban J connectivity index is 1.49. The van der Waals surface area contributed by atoms with Crippen LogP contribution in [0, 0.1) is 11.3 Å². The SMILES string of the molecule is N#Cc1ccnc(N2C(=O)CC[C@H]2C(=O)N(c2cccc3[nH]ncc23)C(C(=O)NC2CC(F)(F)C2)c2ccccc2Cl)c1. The van der Waals surface area contributed by atoms with Gasteiger partial charge in [-0.15, -0.1) is 0 Å². The lowest BCUT2D eigenvalue weighted by Gasteiger charge is -2.39. The number of amides is 3. The van der Waals surface area contributed by atoms with Crippen LogP contribution in [-0.2, 0) is 14.4 Å². The van der Waals surface area contributed by atoms with E-state index in [4.69, 9.17) is 11.6 Å². The predicted octanol–water partition coefficient (Wildman–Crippen LogP) is 4.67. The van der Waals surface area contributed by atoms with Gasteiger partial charge in [-0.2, -0.15) is 10.4 Å². The molecule has 10 nitrogen and oxygen atoms in total. The zero-order chi connectivity index (χ0) is 30.3. The van der Waals surface area contributed by atoms with Gasteiger partial charge in [0.1, 0.15) is 17.9 Å².